The number of primary amides is 2. The van der Waals surface area contributed by atoms with Crippen molar-refractivity contribution in [1.82, 2.24) is 48.7 Å². The van der Waals surface area contributed by atoms with Gasteiger partial charge in [-0.3, -0.25) is 53.8 Å². The van der Waals surface area contributed by atoms with Crippen molar-refractivity contribution in [3.05, 3.63) is 101 Å². The summed E-state index contributed by atoms with van der Waals surface area (Å²) in [7, 11) is 3.02. The molecule has 7 amide bonds. The van der Waals surface area contributed by atoms with Gasteiger partial charge < -0.3 is 35.0 Å². The maximum absolute atomic E-state index is 13.7. The number of hydrogen-bond donors (Lipinski definition) is 4. The number of imide groups is 1. The highest BCUT2D eigenvalue weighted by Crippen LogP contribution is 2.33. The Morgan fingerprint density at radius 3 is 1.94 bits per heavy atom. The number of methoxy groups -OCH3 is 1. The molecule has 6 aromatic rings. The van der Waals surface area contributed by atoms with E-state index in [0.717, 1.165) is 17.1 Å². The number of anilines is 2. The number of benzene rings is 2. The van der Waals surface area contributed by atoms with Crippen LogP contribution < -0.4 is 31.6 Å². The minimum absolute atomic E-state index is 0.0450. The van der Waals surface area contributed by atoms with E-state index in [1.807, 2.05) is 6.92 Å². The Bertz CT molecular complexity index is 2990. The highest BCUT2D eigenvalue weighted by Gasteiger charge is 2.26. The van der Waals surface area contributed by atoms with Crippen molar-refractivity contribution in [2.45, 2.75) is 46.3 Å². The summed E-state index contributed by atoms with van der Waals surface area (Å²) in [5.41, 5.74) is 13.9. The predicted octanol–water partition coefficient (Wildman–Crippen LogP) is 2.21. The number of nitrogens with zero attached hydrogens (tertiary/aromatic N) is 10. The molecule has 7 rings (SSSR count). The van der Waals surface area contributed by atoms with Crippen molar-refractivity contribution in [2.24, 2.45) is 11.5 Å². The molecule has 6 N–H and O–H groups in total. The zero-order valence-electron chi connectivity index (χ0n) is 36.9. The lowest BCUT2D eigenvalue weighted by atomic mass is 10.1. The van der Waals surface area contributed by atoms with Crippen LogP contribution in [0.3, 0.4) is 0 Å². The van der Waals surface area contributed by atoms with Gasteiger partial charge in [0, 0.05) is 81.9 Å². The van der Waals surface area contributed by atoms with Crippen LogP contribution in [0.2, 0.25) is 0 Å². The smallest absolute Gasteiger partial charge is 0.295 e. The van der Waals surface area contributed by atoms with Crippen LogP contribution in [-0.4, -0.2) is 124 Å². The number of fused-ring (bicyclic) bond motifs is 2. The zero-order chi connectivity index (χ0) is 47.9. The van der Waals surface area contributed by atoms with Gasteiger partial charge in [-0.1, -0.05) is 12.2 Å². The summed E-state index contributed by atoms with van der Waals surface area (Å²) in [6, 6.07) is 9.11. The van der Waals surface area contributed by atoms with E-state index >= 15 is 0 Å². The van der Waals surface area contributed by atoms with E-state index in [4.69, 9.17) is 20.9 Å². The van der Waals surface area contributed by atoms with Crippen LogP contribution >= 0.6 is 0 Å². The van der Waals surface area contributed by atoms with Crippen molar-refractivity contribution < 1.29 is 43.0 Å². The number of ether oxygens (including phenoxy) is 2. The SMILES string of the molecule is CCn1nc(C)cc1C(=O)Nc1nc2cc(C(N)=O)cc(OC)c2n1C/C=C/Cn1c(NC(=O)c2ncccn2)nc2cc(C(N)=O)cc(OCCCN(C)C(=O)CCN3C(=O)C=CC3=O)c21. The summed E-state index contributed by atoms with van der Waals surface area (Å²) < 4.78 is 16.8. The molecule has 0 spiro atoms. The topological polar surface area (TPSA) is 300 Å². The molecular formula is C44H46N14O9. The molecule has 0 radical (unpaired) electrons. The molecule has 0 bridgehead atoms. The number of carbonyl (C=O) groups is 7. The fourth-order valence-electron chi connectivity index (χ4n) is 7.28. The molecule has 5 heterocycles. The number of rotatable bonds is 20. The third kappa shape index (κ3) is 10.1. The lowest BCUT2D eigenvalue weighted by Gasteiger charge is -2.19. The van der Waals surface area contributed by atoms with Crippen LogP contribution in [0.25, 0.3) is 22.1 Å². The molecule has 2 aromatic carbocycles. The predicted molar refractivity (Wildman–Crippen MR) is 241 cm³/mol. The fourth-order valence-corrected chi connectivity index (χ4v) is 7.28. The summed E-state index contributed by atoms with van der Waals surface area (Å²) in [5.74, 6) is -3.34. The van der Waals surface area contributed by atoms with Gasteiger partial charge >= 0.3 is 0 Å². The molecule has 0 saturated carbocycles. The van der Waals surface area contributed by atoms with Gasteiger partial charge in [-0.2, -0.15) is 5.10 Å². The Balaban J connectivity index is 1.18. The zero-order valence-corrected chi connectivity index (χ0v) is 36.9. The van der Waals surface area contributed by atoms with E-state index in [-0.39, 0.29) is 91.0 Å². The van der Waals surface area contributed by atoms with Crippen molar-refractivity contribution in [3.8, 4) is 11.5 Å². The van der Waals surface area contributed by atoms with Gasteiger partial charge in [0.15, 0.2) is 0 Å². The Morgan fingerprint density at radius 2 is 1.37 bits per heavy atom. The Hall–Kier alpha value is -8.76. The lowest BCUT2D eigenvalue weighted by molar-refractivity contribution is -0.138. The average molecular weight is 915 g/mol. The number of allylic oxidation sites excluding steroid dienone is 2. The summed E-state index contributed by atoms with van der Waals surface area (Å²) in [5, 5.41) is 10.0. The molecule has 1 aliphatic heterocycles. The second-order valence-electron chi connectivity index (χ2n) is 15.1. The standard InChI is InChI=1S/C44H46N14O9/c1-5-58-30(20-25(2)53-58)41(64)51-43-49-28-21-26(38(45)62)23-31(66-4)36(28)56(43)16-6-7-17-57-37-29(50-44(57)52-42(65)40-47-13-8-14-48-40)22-27(39(46)63)24-32(37)67-19-9-15-54(3)33(59)12-18-55-34(60)10-11-35(55)61/h6-8,10-11,13-14,20-24H,5,9,12,15-19H2,1-4H3,(H2,45,62)(H2,46,63)(H,49,51,64)(H,50,52,65)/b7-6+. The molecule has 67 heavy (non-hydrogen) atoms. The van der Waals surface area contributed by atoms with Gasteiger partial charge in [-0.05, 0) is 56.7 Å². The van der Waals surface area contributed by atoms with Crippen molar-refractivity contribution in [3.63, 3.8) is 0 Å². The summed E-state index contributed by atoms with van der Waals surface area (Å²) >= 11 is 0. The Kier molecular flexibility index (Phi) is 13.8. The molecule has 0 unspecified atom stereocenters. The number of nitrogens with one attached hydrogen (secondary N) is 2. The second-order valence-corrected chi connectivity index (χ2v) is 15.1. The number of aryl methyl sites for hydroxylation is 2. The van der Waals surface area contributed by atoms with Crippen LogP contribution in [0.5, 0.6) is 11.5 Å². The first-order valence-electron chi connectivity index (χ1n) is 20.9. The molecule has 0 saturated heterocycles. The van der Waals surface area contributed by atoms with E-state index in [9.17, 15) is 33.6 Å². The number of amides is 7. The highest BCUT2D eigenvalue weighted by atomic mass is 16.5. The Labute approximate surface area is 381 Å². The highest BCUT2D eigenvalue weighted by molar-refractivity contribution is 6.13. The maximum atomic E-state index is 13.7. The summed E-state index contributed by atoms with van der Waals surface area (Å²) in [6.45, 7) is 4.48. The van der Waals surface area contributed by atoms with E-state index in [1.54, 1.807) is 52.1 Å². The number of imidazole rings is 2. The van der Waals surface area contributed by atoms with E-state index in [1.165, 1.54) is 48.7 Å². The van der Waals surface area contributed by atoms with Gasteiger partial charge in [0.25, 0.3) is 23.6 Å². The molecule has 1 aliphatic rings. The Morgan fingerprint density at radius 1 is 0.806 bits per heavy atom. The molecular weight excluding hydrogens is 869 g/mol. The number of aromatic nitrogens is 8. The first-order chi connectivity index (χ1) is 32.2. The van der Waals surface area contributed by atoms with Crippen LogP contribution in [0.15, 0.2) is 73.1 Å². The van der Waals surface area contributed by atoms with Crippen LogP contribution in [-0.2, 0) is 34.0 Å². The number of carbonyl (C=O) groups excluding carboxylic acids is 7. The van der Waals surface area contributed by atoms with Gasteiger partial charge in [0.05, 0.1) is 30.4 Å². The first kappa shape index (κ1) is 46.2. The maximum Gasteiger partial charge on any atom is 0.295 e. The number of hydrogen-bond acceptors (Lipinski definition) is 14. The molecule has 0 aliphatic carbocycles. The lowest BCUT2D eigenvalue weighted by Crippen LogP contribution is -2.36. The van der Waals surface area contributed by atoms with Gasteiger partial charge in [-0.15, -0.1) is 0 Å². The van der Waals surface area contributed by atoms with E-state index < -0.39 is 35.4 Å². The molecule has 346 valence electrons. The van der Waals surface area contributed by atoms with E-state index in [0.29, 0.717) is 40.9 Å². The van der Waals surface area contributed by atoms with Gasteiger partial charge in [0.1, 0.15) is 28.2 Å². The summed E-state index contributed by atoms with van der Waals surface area (Å²) in [4.78, 5) is 108. The molecule has 0 atom stereocenters. The van der Waals surface area contributed by atoms with Gasteiger partial charge in [0.2, 0.25) is 35.4 Å². The third-order valence-electron chi connectivity index (χ3n) is 10.6. The number of nitrogens with two attached hydrogens (primary N) is 2. The molecule has 23 heteroatoms. The van der Waals surface area contributed by atoms with Crippen molar-refractivity contribution >= 4 is 75.3 Å². The molecule has 0 fully saturated rings. The fraction of sp³-hybridized carbons (Fsp3) is 0.273. The van der Waals surface area contributed by atoms with Crippen LogP contribution in [0, 0.1) is 6.92 Å². The first-order valence-corrected chi connectivity index (χ1v) is 20.9. The minimum Gasteiger partial charge on any atom is -0.494 e. The molecule has 23 nitrogen and oxygen atoms in total. The normalized spacial score (nSPS) is 12.4. The summed E-state index contributed by atoms with van der Waals surface area (Å²) in [6.07, 6.45) is 8.95. The van der Waals surface area contributed by atoms with Crippen LogP contribution in [0.4, 0.5) is 11.9 Å². The minimum atomic E-state index is -0.761. The average Bonchev–Trinajstić information content (AvgIpc) is 4.07. The van der Waals surface area contributed by atoms with Crippen molar-refractivity contribution in [2.75, 3.05) is 44.5 Å². The monoisotopic (exact) mass is 914 g/mol. The quantitative estimate of drug-likeness (QED) is 0.0485. The van der Waals surface area contributed by atoms with Gasteiger partial charge in [-0.25, -0.2) is 19.9 Å². The van der Waals surface area contributed by atoms with Crippen LogP contribution in [0.1, 0.15) is 67.3 Å². The van der Waals surface area contributed by atoms with E-state index in [2.05, 4.69) is 35.7 Å². The third-order valence-corrected chi connectivity index (χ3v) is 10.6. The molecule has 4 aromatic heterocycles. The second kappa shape index (κ2) is 20.0. The largest absolute Gasteiger partial charge is 0.494 e. The van der Waals surface area contributed by atoms with Crippen molar-refractivity contribution in [1.29, 1.82) is 0 Å².